The van der Waals surface area contributed by atoms with Gasteiger partial charge in [0.1, 0.15) is 0 Å². The van der Waals surface area contributed by atoms with Crippen molar-refractivity contribution >= 4 is 147 Å². The molecule has 8 heterocycles. The minimum absolute atomic E-state index is 1.05. The van der Waals surface area contributed by atoms with E-state index >= 15 is 0 Å². The van der Waals surface area contributed by atoms with Crippen molar-refractivity contribution in [3.8, 4) is 0 Å². The molecule has 1 aromatic carbocycles. The number of hydrogen-bond acceptors (Lipinski definition) is 0. The molecule has 0 fully saturated rings. The third-order valence-electron chi connectivity index (χ3n) is 6.00. The molecule has 0 spiro atoms. The van der Waals surface area contributed by atoms with Crippen LogP contribution in [0.3, 0.4) is 0 Å². The fourth-order valence-corrected chi connectivity index (χ4v) is 24.2. The molecule has 8 aromatic heterocycles. The molecule has 0 radical (unpaired) electrons. The summed E-state index contributed by atoms with van der Waals surface area (Å²) < 4.78 is 0. The molecule has 0 unspecified atom stereocenters. The molecule has 0 bridgehead atoms. The van der Waals surface area contributed by atoms with Crippen LogP contribution >= 0.6 is 65.5 Å². The molecular weight excluding hydrogens is 440 g/mol. The molecule has 0 amide bonds. The lowest BCUT2D eigenvalue weighted by Crippen LogP contribution is -1.67. The van der Waals surface area contributed by atoms with Gasteiger partial charge in [-0.2, -0.15) is 0 Å². The zero-order chi connectivity index (χ0) is 14.9. The maximum atomic E-state index is 1.87. The predicted octanol–water partition coefficient (Wildman–Crippen LogP) is 9.48. The summed E-state index contributed by atoms with van der Waals surface area (Å²) >= 11 is 0. The summed E-state index contributed by atoms with van der Waals surface area (Å²) in [5, 5.41) is 14.4. The van der Waals surface area contributed by atoms with E-state index in [1.807, 2.05) is 38.8 Å². The van der Waals surface area contributed by atoms with Gasteiger partial charge in [-0.3, -0.25) is 0 Å². The van der Waals surface area contributed by atoms with Crippen molar-refractivity contribution < 1.29 is 0 Å². The zero-order valence-electron chi connectivity index (χ0n) is 12.0. The predicted molar refractivity (Wildman–Crippen MR) is 136 cm³/mol. The smallest absolute Gasteiger partial charge is 0.0176 e. The van der Waals surface area contributed by atoms with Crippen LogP contribution in [0.15, 0.2) is 0 Å². The van der Waals surface area contributed by atoms with Crippen LogP contribution in [0.1, 0.15) is 0 Å². The molecule has 0 nitrogen and oxygen atoms in total. The fraction of sp³-hybridized carbons (Fsp3) is 0. The van der Waals surface area contributed by atoms with Crippen LogP contribution in [0.2, 0.25) is 0 Å². The monoisotopic (exact) mass is 448 g/mol. The quantitative estimate of drug-likeness (QED) is 0.217. The van der Waals surface area contributed by atoms with Crippen LogP contribution in [0.25, 0.3) is 81.9 Å². The normalized spacial score (nSPS) is 17.3. The van der Waals surface area contributed by atoms with Crippen molar-refractivity contribution in [3.63, 3.8) is 0 Å². The summed E-state index contributed by atoms with van der Waals surface area (Å²) in [5.74, 6) is 0. The minimum atomic E-state index is 1.05. The van der Waals surface area contributed by atoms with Gasteiger partial charge in [-0.05, 0) is 0 Å². The number of hydrogen-bond donors (Lipinski definition) is 0. The summed E-state index contributed by atoms with van der Waals surface area (Å²) in [7, 11) is 8.44. The average Bonchev–Trinajstić information content (AvgIpc) is 3.25. The Labute approximate surface area is 147 Å². The van der Waals surface area contributed by atoms with E-state index in [1.165, 1.54) is 0 Å². The highest BCUT2D eigenvalue weighted by Gasteiger charge is 2.27. The Morgan fingerprint density at radius 2 is 0.333 bits per heavy atom. The van der Waals surface area contributed by atoms with E-state index in [2.05, 4.69) is 0 Å². The van der Waals surface area contributed by atoms with Crippen LogP contribution in [0.5, 0.6) is 0 Å². The minimum Gasteiger partial charge on any atom is -0.115 e. The van der Waals surface area contributed by atoms with Crippen molar-refractivity contribution in [1.29, 1.82) is 0 Å². The van der Waals surface area contributed by atoms with Crippen molar-refractivity contribution in [2.24, 2.45) is 0 Å². The summed E-state index contributed by atoms with van der Waals surface area (Å²) in [6.45, 7) is 0. The molecular formula is C16H8P8. The standard InChI is InChI=1S/C16H8P8/c17-9-1-2-4-6-8-7-5-3(1)11(18-9)20-13(5)22-15(7)24-16(8)23-14(6)21-12(4)19-10(2)17/h17-24H. The van der Waals surface area contributed by atoms with Gasteiger partial charge < -0.3 is 0 Å². The van der Waals surface area contributed by atoms with Crippen LogP contribution < -0.4 is 0 Å². The Kier molecular flexibility index (Phi) is 1.93. The van der Waals surface area contributed by atoms with Gasteiger partial charge in [-0.25, -0.2) is 0 Å². The topological polar surface area (TPSA) is 0 Å². The lowest BCUT2D eigenvalue weighted by molar-refractivity contribution is 2.38. The fourth-order valence-electron chi connectivity index (χ4n) is 5.25. The summed E-state index contributed by atoms with van der Waals surface area (Å²) in [6, 6.07) is 0. The van der Waals surface area contributed by atoms with Crippen LogP contribution in [-0.4, -0.2) is 0 Å². The lowest BCUT2D eigenvalue weighted by Gasteiger charge is -1.96. The second-order valence-electron chi connectivity index (χ2n) is 7.00. The molecule has 0 aliphatic heterocycles. The highest BCUT2D eigenvalue weighted by molar-refractivity contribution is 7.80. The van der Waals surface area contributed by atoms with Crippen molar-refractivity contribution in [2.45, 2.75) is 0 Å². The van der Waals surface area contributed by atoms with E-state index in [0.717, 1.165) is 65.5 Å². The summed E-state index contributed by atoms with van der Waals surface area (Å²) in [6.07, 6.45) is 0. The molecule has 0 atom stereocenters. The first-order valence-corrected chi connectivity index (χ1v) is 16.0. The molecule has 8 heteroatoms. The Balaban J connectivity index is 1.98. The molecule has 24 heavy (non-hydrogen) atoms. The van der Waals surface area contributed by atoms with Gasteiger partial charge in [-0.15, -0.1) is 65.5 Å². The van der Waals surface area contributed by atoms with Crippen LogP contribution in [0, 0.1) is 0 Å². The molecule has 112 valence electrons. The summed E-state index contributed by atoms with van der Waals surface area (Å²) in [4.78, 5) is 14.9. The Morgan fingerprint density at radius 1 is 0.208 bits per heavy atom. The third kappa shape index (κ3) is 1.09. The Hall–Kier alpha value is 0.320. The molecule has 0 saturated carbocycles. The molecule has 0 saturated heterocycles. The van der Waals surface area contributed by atoms with Gasteiger partial charge in [0.05, 0.1) is 0 Å². The SMILES string of the molecule is [pH]1c2[pH]c3[pH]c4[pH]c5[pH]c6[pH]c7[pH]c8[pH]c1c1c2c3c4c5c6c7c81. The molecule has 9 aromatic rings. The van der Waals surface area contributed by atoms with E-state index in [1.54, 1.807) is 43.1 Å². The first-order valence-electron chi connectivity index (χ1n) is 8.00. The maximum absolute atomic E-state index is 1.87. The van der Waals surface area contributed by atoms with Crippen LogP contribution in [0.4, 0.5) is 0 Å². The first-order chi connectivity index (χ1) is 11.9. The van der Waals surface area contributed by atoms with E-state index < -0.39 is 0 Å². The van der Waals surface area contributed by atoms with Crippen LogP contribution in [-0.2, 0) is 0 Å². The number of rotatable bonds is 0. The highest BCUT2D eigenvalue weighted by Crippen LogP contribution is 2.69. The van der Waals surface area contributed by atoms with Gasteiger partial charge >= 0.3 is 0 Å². The van der Waals surface area contributed by atoms with E-state index in [0.29, 0.717) is 0 Å². The van der Waals surface area contributed by atoms with E-state index in [4.69, 9.17) is 0 Å². The van der Waals surface area contributed by atoms with E-state index in [9.17, 15) is 0 Å². The second kappa shape index (κ2) is 3.66. The summed E-state index contributed by atoms with van der Waals surface area (Å²) in [5.41, 5.74) is 0. The second-order valence-corrected chi connectivity index (χ2v) is 21.0. The first kappa shape index (κ1) is 12.7. The molecule has 0 N–H and O–H groups in total. The Morgan fingerprint density at radius 3 is 0.458 bits per heavy atom. The van der Waals surface area contributed by atoms with E-state index in [-0.39, 0.29) is 0 Å². The highest BCUT2D eigenvalue weighted by atomic mass is 31.1. The largest absolute Gasteiger partial charge is 0.115 e. The van der Waals surface area contributed by atoms with Crippen molar-refractivity contribution in [3.05, 3.63) is 0 Å². The van der Waals surface area contributed by atoms with Crippen molar-refractivity contribution in [1.82, 2.24) is 0 Å². The van der Waals surface area contributed by atoms with Gasteiger partial charge in [0.2, 0.25) is 0 Å². The Bertz CT molecular complexity index is 1360. The van der Waals surface area contributed by atoms with Crippen molar-refractivity contribution in [2.75, 3.05) is 0 Å². The zero-order valence-corrected chi connectivity index (χ0v) is 20.0. The molecule has 0 aliphatic carbocycles. The van der Waals surface area contributed by atoms with Gasteiger partial charge in [0, 0.05) is 81.9 Å². The third-order valence-corrected chi connectivity index (χ3v) is 20.0. The maximum Gasteiger partial charge on any atom is 0.0176 e. The average molecular weight is 448 g/mol. The van der Waals surface area contributed by atoms with Gasteiger partial charge in [0.15, 0.2) is 0 Å². The van der Waals surface area contributed by atoms with Gasteiger partial charge in [-0.1, -0.05) is 0 Å². The lowest BCUT2D eigenvalue weighted by atomic mass is 10.0. The van der Waals surface area contributed by atoms with Gasteiger partial charge in [0.25, 0.3) is 0 Å². The molecule has 9 rings (SSSR count). The molecule has 0 aliphatic rings.